The van der Waals surface area contributed by atoms with Crippen LogP contribution in [0.4, 0.5) is 0 Å². The molecule has 2 aromatic heterocycles. The van der Waals surface area contributed by atoms with Crippen molar-refractivity contribution in [2.75, 3.05) is 26.7 Å². The van der Waals surface area contributed by atoms with Crippen LogP contribution < -0.4 is 10.6 Å². The number of hydrogen-bond donors (Lipinski definition) is 2. The molecule has 0 unspecified atom stereocenters. The fourth-order valence-corrected chi connectivity index (χ4v) is 4.54. The molecule has 4 nitrogen and oxygen atoms in total. The Morgan fingerprint density at radius 2 is 2.13 bits per heavy atom. The summed E-state index contributed by atoms with van der Waals surface area (Å²) in [6.45, 7) is 7.21. The Hall–Kier alpha value is -1.37. The van der Waals surface area contributed by atoms with E-state index < -0.39 is 0 Å². The van der Waals surface area contributed by atoms with E-state index in [4.69, 9.17) is 0 Å². The normalized spacial score (nSPS) is 15.5. The van der Waals surface area contributed by atoms with Gasteiger partial charge in [0, 0.05) is 43.0 Å². The number of aliphatic imine (C=N–C) groups is 1. The van der Waals surface area contributed by atoms with E-state index in [1.165, 1.54) is 22.4 Å². The molecule has 0 amide bonds. The summed E-state index contributed by atoms with van der Waals surface area (Å²) >= 11 is 3.69. The fraction of sp³-hybridized carbons (Fsp3) is 0.471. The highest BCUT2D eigenvalue weighted by Crippen LogP contribution is 2.23. The van der Waals surface area contributed by atoms with Crippen molar-refractivity contribution >= 4 is 28.6 Å². The van der Waals surface area contributed by atoms with Gasteiger partial charge in [0.15, 0.2) is 5.96 Å². The van der Waals surface area contributed by atoms with Gasteiger partial charge in [-0.2, -0.15) is 0 Å². The molecule has 2 aromatic rings. The van der Waals surface area contributed by atoms with Gasteiger partial charge < -0.3 is 10.6 Å². The van der Waals surface area contributed by atoms with Crippen molar-refractivity contribution < 1.29 is 0 Å². The number of nitrogens with one attached hydrogen (secondary N) is 2. The minimum atomic E-state index is 0.838. The number of aryl methyl sites for hydroxylation is 1. The highest BCUT2D eigenvalue weighted by molar-refractivity contribution is 7.10. The number of hydrogen-bond acceptors (Lipinski definition) is 4. The number of nitrogens with zero attached hydrogens (tertiary/aromatic N) is 2. The molecule has 0 aromatic carbocycles. The predicted molar refractivity (Wildman–Crippen MR) is 101 cm³/mol. The quantitative estimate of drug-likeness (QED) is 0.645. The summed E-state index contributed by atoms with van der Waals surface area (Å²) in [6.07, 6.45) is 1.19. The molecule has 3 rings (SSSR count). The van der Waals surface area contributed by atoms with Crippen molar-refractivity contribution in [2.45, 2.75) is 26.4 Å². The van der Waals surface area contributed by atoms with Crippen LogP contribution in [0, 0.1) is 6.92 Å². The van der Waals surface area contributed by atoms with E-state index in [-0.39, 0.29) is 0 Å². The smallest absolute Gasteiger partial charge is 0.191 e. The number of guanidine groups is 1. The molecule has 0 bridgehead atoms. The van der Waals surface area contributed by atoms with E-state index in [1.54, 1.807) is 16.2 Å². The van der Waals surface area contributed by atoms with Crippen molar-refractivity contribution in [3.8, 4) is 0 Å². The maximum atomic E-state index is 4.31. The van der Waals surface area contributed by atoms with E-state index in [0.717, 1.165) is 38.7 Å². The van der Waals surface area contributed by atoms with Crippen LogP contribution in [0.15, 0.2) is 27.9 Å². The van der Waals surface area contributed by atoms with Gasteiger partial charge in [-0.05, 0) is 47.4 Å². The molecule has 1 aliphatic heterocycles. The van der Waals surface area contributed by atoms with Gasteiger partial charge >= 0.3 is 0 Å². The Kier molecular flexibility index (Phi) is 5.70. The first-order valence-electron chi connectivity index (χ1n) is 8.01. The molecule has 0 saturated heterocycles. The Morgan fingerprint density at radius 1 is 1.26 bits per heavy atom. The number of rotatable bonds is 5. The first kappa shape index (κ1) is 16.5. The summed E-state index contributed by atoms with van der Waals surface area (Å²) in [5.74, 6) is 0.881. The standard InChI is InChI=1S/C17H24N4S2/c1-13-4-9-23-16(13)11-20-17(18-2)19-6-8-21-7-3-15-14(12-21)5-10-22-15/h4-5,9-10H,3,6-8,11-12H2,1-2H3,(H2,18,19,20). The molecule has 2 N–H and O–H groups in total. The second kappa shape index (κ2) is 7.95. The third kappa shape index (κ3) is 4.34. The summed E-state index contributed by atoms with van der Waals surface area (Å²) in [5.41, 5.74) is 2.86. The lowest BCUT2D eigenvalue weighted by Crippen LogP contribution is -2.42. The highest BCUT2D eigenvalue weighted by Gasteiger charge is 2.16. The van der Waals surface area contributed by atoms with E-state index in [9.17, 15) is 0 Å². The van der Waals surface area contributed by atoms with Crippen LogP contribution in [0.1, 0.15) is 20.9 Å². The largest absolute Gasteiger partial charge is 0.355 e. The molecule has 23 heavy (non-hydrogen) atoms. The average Bonchev–Trinajstić information content (AvgIpc) is 3.19. The Morgan fingerprint density at radius 3 is 2.91 bits per heavy atom. The summed E-state index contributed by atoms with van der Waals surface area (Å²) in [6, 6.07) is 4.43. The van der Waals surface area contributed by atoms with Crippen molar-refractivity contribution in [3.63, 3.8) is 0 Å². The molecule has 0 aliphatic carbocycles. The summed E-state index contributed by atoms with van der Waals surface area (Å²) in [7, 11) is 1.83. The fourth-order valence-electron chi connectivity index (χ4n) is 2.80. The zero-order chi connectivity index (χ0) is 16.1. The van der Waals surface area contributed by atoms with Crippen LogP contribution >= 0.6 is 22.7 Å². The van der Waals surface area contributed by atoms with Gasteiger partial charge in [0.2, 0.25) is 0 Å². The van der Waals surface area contributed by atoms with Gasteiger partial charge in [0.05, 0.1) is 6.54 Å². The zero-order valence-electron chi connectivity index (χ0n) is 13.8. The molecule has 124 valence electrons. The molecule has 6 heteroatoms. The van der Waals surface area contributed by atoms with E-state index in [0.29, 0.717) is 0 Å². The van der Waals surface area contributed by atoms with Crippen LogP contribution in [0.5, 0.6) is 0 Å². The monoisotopic (exact) mass is 348 g/mol. The van der Waals surface area contributed by atoms with Gasteiger partial charge in [0.1, 0.15) is 0 Å². The van der Waals surface area contributed by atoms with Crippen LogP contribution in [0.3, 0.4) is 0 Å². The lowest BCUT2D eigenvalue weighted by Gasteiger charge is -2.27. The molecular formula is C17H24N4S2. The number of fused-ring (bicyclic) bond motifs is 1. The Labute approximate surface area is 146 Å². The minimum Gasteiger partial charge on any atom is -0.355 e. The lowest BCUT2D eigenvalue weighted by molar-refractivity contribution is 0.260. The maximum absolute atomic E-state index is 4.31. The summed E-state index contributed by atoms with van der Waals surface area (Å²) in [5, 5.41) is 11.2. The number of thiophene rings is 2. The third-order valence-corrected chi connectivity index (χ3v) is 6.26. The van der Waals surface area contributed by atoms with Crippen LogP contribution in [0.2, 0.25) is 0 Å². The van der Waals surface area contributed by atoms with Crippen molar-refractivity contribution in [1.29, 1.82) is 0 Å². The molecule has 0 radical (unpaired) electrons. The van der Waals surface area contributed by atoms with Crippen molar-refractivity contribution in [1.82, 2.24) is 15.5 Å². The van der Waals surface area contributed by atoms with E-state index >= 15 is 0 Å². The zero-order valence-corrected chi connectivity index (χ0v) is 15.4. The molecule has 0 spiro atoms. The molecule has 0 atom stereocenters. The SMILES string of the molecule is CN=C(NCCN1CCc2sccc2C1)NCc1sccc1C. The maximum Gasteiger partial charge on any atom is 0.191 e. The second-order valence-electron chi connectivity index (χ2n) is 5.77. The van der Waals surface area contributed by atoms with Crippen molar-refractivity contribution in [3.05, 3.63) is 43.8 Å². The first-order chi connectivity index (χ1) is 11.3. The molecule has 3 heterocycles. The first-order valence-corrected chi connectivity index (χ1v) is 9.77. The summed E-state index contributed by atoms with van der Waals surface area (Å²) < 4.78 is 0. The molecule has 0 fully saturated rings. The third-order valence-electron chi connectivity index (χ3n) is 4.22. The van der Waals surface area contributed by atoms with Gasteiger partial charge in [0.25, 0.3) is 0 Å². The van der Waals surface area contributed by atoms with Gasteiger partial charge in [-0.25, -0.2) is 0 Å². The van der Waals surface area contributed by atoms with Gasteiger partial charge in [-0.3, -0.25) is 9.89 Å². The second-order valence-corrected chi connectivity index (χ2v) is 7.78. The van der Waals surface area contributed by atoms with E-state index in [2.05, 4.69) is 50.3 Å². The van der Waals surface area contributed by atoms with Crippen LogP contribution in [-0.4, -0.2) is 37.5 Å². The van der Waals surface area contributed by atoms with Gasteiger partial charge in [-0.15, -0.1) is 22.7 Å². The van der Waals surface area contributed by atoms with Crippen LogP contribution in [-0.2, 0) is 19.5 Å². The average molecular weight is 349 g/mol. The topological polar surface area (TPSA) is 39.7 Å². The van der Waals surface area contributed by atoms with Crippen LogP contribution in [0.25, 0.3) is 0 Å². The minimum absolute atomic E-state index is 0.838. The molecule has 1 aliphatic rings. The molecule has 0 saturated carbocycles. The van der Waals surface area contributed by atoms with Gasteiger partial charge in [-0.1, -0.05) is 0 Å². The van der Waals surface area contributed by atoms with E-state index in [1.807, 2.05) is 18.4 Å². The Balaban J connectivity index is 1.40. The molecular weight excluding hydrogens is 324 g/mol. The Bertz CT molecular complexity index is 659. The van der Waals surface area contributed by atoms with Crippen molar-refractivity contribution in [2.24, 2.45) is 4.99 Å². The lowest BCUT2D eigenvalue weighted by atomic mass is 10.1. The summed E-state index contributed by atoms with van der Waals surface area (Å²) in [4.78, 5) is 9.76. The predicted octanol–water partition coefficient (Wildman–Crippen LogP) is 2.84. The highest BCUT2D eigenvalue weighted by atomic mass is 32.1.